The Morgan fingerprint density at radius 2 is 1.95 bits per heavy atom. The van der Waals surface area contributed by atoms with Crippen LogP contribution in [0.5, 0.6) is 5.75 Å². The van der Waals surface area contributed by atoms with Crippen LogP contribution < -0.4 is 26.0 Å². The molecule has 12 nitrogen and oxygen atoms in total. The second kappa shape index (κ2) is 15.0. The Kier molecular flexibility index (Phi) is 11.5. The number of amides is 3. The van der Waals surface area contributed by atoms with Gasteiger partial charge in [-0.25, -0.2) is 9.97 Å². The van der Waals surface area contributed by atoms with Crippen LogP contribution in [-0.2, 0) is 16.0 Å². The number of aromatic nitrogens is 2. The van der Waals surface area contributed by atoms with Crippen molar-refractivity contribution < 1.29 is 19.1 Å². The SMILES string of the molecule is CCc1nc(C(N)=O)c(Nc2cccc(OCCCNC(=O)[C@H](C)N(C)C(=O)/C=C/CN(C)C)c2)nc1N1CCC1. The molecule has 0 saturated carbocycles. The molecule has 0 spiro atoms. The van der Waals surface area contributed by atoms with Crippen LogP contribution in [0.4, 0.5) is 17.3 Å². The van der Waals surface area contributed by atoms with E-state index in [1.807, 2.05) is 44.1 Å². The number of likely N-dealkylation sites (N-methyl/N-ethyl adjacent to an activating group) is 2. The smallest absolute Gasteiger partial charge is 0.271 e. The Morgan fingerprint density at radius 3 is 2.59 bits per heavy atom. The van der Waals surface area contributed by atoms with Crippen LogP contribution >= 0.6 is 0 Å². The first-order valence-corrected chi connectivity index (χ1v) is 13.9. The fraction of sp³-hybridized carbons (Fsp3) is 0.483. The molecular weight excluding hydrogens is 524 g/mol. The molecule has 0 bridgehead atoms. The van der Waals surface area contributed by atoms with E-state index in [4.69, 9.17) is 15.5 Å². The zero-order valence-corrected chi connectivity index (χ0v) is 24.6. The molecule has 1 saturated heterocycles. The van der Waals surface area contributed by atoms with Gasteiger partial charge < -0.3 is 35.8 Å². The summed E-state index contributed by atoms with van der Waals surface area (Å²) in [6.45, 7) is 6.90. The number of hydrogen-bond acceptors (Lipinski definition) is 9. The fourth-order valence-corrected chi connectivity index (χ4v) is 4.01. The summed E-state index contributed by atoms with van der Waals surface area (Å²) >= 11 is 0. The second-order valence-electron chi connectivity index (χ2n) is 10.2. The average molecular weight is 567 g/mol. The molecule has 1 atom stereocenters. The Hall–Kier alpha value is -4.19. The van der Waals surface area contributed by atoms with Crippen LogP contribution in [0.3, 0.4) is 0 Å². The van der Waals surface area contributed by atoms with Crippen LogP contribution in [0.25, 0.3) is 0 Å². The third-order valence-electron chi connectivity index (χ3n) is 6.70. The Bertz CT molecular complexity index is 1250. The molecule has 4 N–H and O–H groups in total. The maximum absolute atomic E-state index is 12.5. The molecule has 2 heterocycles. The van der Waals surface area contributed by atoms with E-state index in [2.05, 4.69) is 20.5 Å². The Labute approximate surface area is 241 Å². The van der Waals surface area contributed by atoms with Gasteiger partial charge in [0.05, 0.1) is 12.3 Å². The summed E-state index contributed by atoms with van der Waals surface area (Å²) in [5, 5.41) is 6.03. The minimum absolute atomic E-state index is 0.0966. The maximum atomic E-state index is 12.5. The van der Waals surface area contributed by atoms with Crippen molar-refractivity contribution in [2.75, 3.05) is 64.1 Å². The highest BCUT2D eigenvalue weighted by atomic mass is 16.5. The van der Waals surface area contributed by atoms with Crippen molar-refractivity contribution in [2.45, 2.75) is 39.2 Å². The molecule has 1 aliphatic heterocycles. The summed E-state index contributed by atoms with van der Waals surface area (Å²) in [4.78, 5) is 51.6. The molecule has 0 radical (unpaired) electrons. The normalized spacial score (nSPS) is 13.6. The molecule has 1 aromatic carbocycles. The Balaban J connectivity index is 1.51. The van der Waals surface area contributed by atoms with E-state index in [0.717, 1.165) is 31.0 Å². The zero-order chi connectivity index (χ0) is 29.9. The van der Waals surface area contributed by atoms with Crippen LogP contribution in [0.2, 0.25) is 0 Å². The van der Waals surface area contributed by atoms with Crippen LogP contribution in [0.15, 0.2) is 36.4 Å². The van der Waals surface area contributed by atoms with Gasteiger partial charge in [-0.3, -0.25) is 14.4 Å². The minimum atomic E-state index is -0.648. The summed E-state index contributed by atoms with van der Waals surface area (Å²) in [6.07, 6.45) is 5.56. The number of anilines is 3. The number of nitrogens with two attached hydrogens (primary N) is 1. The maximum Gasteiger partial charge on any atom is 0.271 e. The van der Waals surface area contributed by atoms with Gasteiger partial charge >= 0.3 is 0 Å². The van der Waals surface area contributed by atoms with Gasteiger partial charge in [-0.15, -0.1) is 0 Å². The van der Waals surface area contributed by atoms with Gasteiger partial charge in [-0.2, -0.15) is 0 Å². The molecule has 222 valence electrons. The highest BCUT2D eigenvalue weighted by Gasteiger charge is 2.24. The number of ether oxygens (including phenoxy) is 1. The highest BCUT2D eigenvalue weighted by Crippen LogP contribution is 2.28. The third kappa shape index (κ3) is 8.90. The summed E-state index contributed by atoms with van der Waals surface area (Å²) in [5.41, 5.74) is 7.13. The predicted molar refractivity (Wildman–Crippen MR) is 160 cm³/mol. The molecule has 1 fully saturated rings. The zero-order valence-electron chi connectivity index (χ0n) is 24.6. The van der Waals surface area contributed by atoms with Crippen LogP contribution in [0.1, 0.15) is 42.9 Å². The summed E-state index contributed by atoms with van der Waals surface area (Å²) < 4.78 is 5.87. The van der Waals surface area contributed by atoms with Crippen molar-refractivity contribution in [3.8, 4) is 5.75 Å². The lowest BCUT2D eigenvalue weighted by atomic mass is 10.2. The number of aryl methyl sites for hydroxylation is 1. The molecule has 1 aliphatic rings. The van der Waals surface area contributed by atoms with Crippen molar-refractivity contribution in [2.24, 2.45) is 5.73 Å². The number of primary amides is 1. The first-order chi connectivity index (χ1) is 19.6. The predicted octanol–water partition coefficient (Wildman–Crippen LogP) is 1.94. The van der Waals surface area contributed by atoms with Crippen molar-refractivity contribution in [1.29, 1.82) is 0 Å². The van der Waals surface area contributed by atoms with Gasteiger partial charge in [0.2, 0.25) is 11.8 Å². The molecule has 41 heavy (non-hydrogen) atoms. The molecule has 12 heteroatoms. The lowest BCUT2D eigenvalue weighted by Crippen LogP contribution is -2.45. The van der Waals surface area contributed by atoms with Gasteiger partial charge in [0, 0.05) is 51.1 Å². The van der Waals surface area contributed by atoms with Crippen molar-refractivity contribution in [1.82, 2.24) is 25.1 Å². The van der Waals surface area contributed by atoms with Gasteiger partial charge in [-0.1, -0.05) is 19.1 Å². The monoisotopic (exact) mass is 566 g/mol. The first kappa shape index (κ1) is 31.3. The lowest BCUT2D eigenvalue weighted by molar-refractivity contribution is -0.135. The number of carbonyl (C=O) groups is 3. The number of benzene rings is 1. The quantitative estimate of drug-likeness (QED) is 0.217. The van der Waals surface area contributed by atoms with Gasteiger partial charge in [-0.05, 0) is 52.4 Å². The summed E-state index contributed by atoms with van der Waals surface area (Å²) in [5.74, 6) is 0.592. The summed E-state index contributed by atoms with van der Waals surface area (Å²) in [7, 11) is 5.44. The van der Waals surface area contributed by atoms with Gasteiger partial charge in [0.25, 0.3) is 5.91 Å². The number of nitrogens with zero attached hydrogens (tertiary/aromatic N) is 5. The van der Waals surface area contributed by atoms with E-state index in [-0.39, 0.29) is 17.5 Å². The molecular formula is C29H42N8O4. The minimum Gasteiger partial charge on any atom is -0.493 e. The van der Waals surface area contributed by atoms with E-state index in [0.29, 0.717) is 49.8 Å². The largest absolute Gasteiger partial charge is 0.493 e. The van der Waals surface area contributed by atoms with Crippen molar-refractivity contribution >= 4 is 35.0 Å². The van der Waals surface area contributed by atoms with E-state index in [9.17, 15) is 14.4 Å². The number of nitrogens with one attached hydrogen (secondary N) is 2. The molecule has 0 unspecified atom stereocenters. The van der Waals surface area contributed by atoms with E-state index in [1.165, 1.54) is 11.0 Å². The number of carbonyl (C=O) groups excluding carboxylic acids is 3. The first-order valence-electron chi connectivity index (χ1n) is 13.9. The lowest BCUT2D eigenvalue weighted by Gasteiger charge is -2.33. The second-order valence-corrected chi connectivity index (χ2v) is 10.2. The van der Waals surface area contributed by atoms with Crippen LogP contribution in [0, 0.1) is 0 Å². The Morgan fingerprint density at radius 1 is 1.20 bits per heavy atom. The average Bonchev–Trinajstić information content (AvgIpc) is 2.91. The molecule has 1 aromatic heterocycles. The van der Waals surface area contributed by atoms with Gasteiger partial charge in [0.1, 0.15) is 11.8 Å². The van der Waals surface area contributed by atoms with Crippen molar-refractivity contribution in [3.05, 3.63) is 47.8 Å². The van der Waals surface area contributed by atoms with Crippen LogP contribution in [-0.4, -0.2) is 97.5 Å². The van der Waals surface area contributed by atoms with E-state index < -0.39 is 11.9 Å². The standard InChI is InChI=1S/C29H42N8O4/c1-6-23-28(37-16-10-17-37)34-27(25(33-23)26(30)39)32-21-11-7-12-22(19-21)41-18-9-14-31-29(40)20(2)36(5)24(38)13-8-15-35(3)4/h7-8,11-13,19-20H,6,9-10,14-18H2,1-5H3,(H2,30,39)(H,31,40)(H,32,34)/b13-8+/t20-/m0/s1. The van der Waals surface area contributed by atoms with Gasteiger partial charge in [0.15, 0.2) is 17.3 Å². The molecule has 3 rings (SSSR count). The van der Waals surface area contributed by atoms with E-state index >= 15 is 0 Å². The third-order valence-corrected chi connectivity index (χ3v) is 6.70. The summed E-state index contributed by atoms with van der Waals surface area (Å²) in [6, 6.07) is 6.69. The molecule has 3 amide bonds. The highest BCUT2D eigenvalue weighted by molar-refractivity contribution is 5.96. The molecule has 0 aliphatic carbocycles. The topological polar surface area (TPSA) is 146 Å². The van der Waals surface area contributed by atoms with E-state index in [1.54, 1.807) is 26.1 Å². The number of hydrogen-bond donors (Lipinski definition) is 3. The fourth-order valence-electron chi connectivity index (χ4n) is 4.01. The number of rotatable bonds is 15. The van der Waals surface area contributed by atoms with Crippen molar-refractivity contribution in [3.63, 3.8) is 0 Å². The molecule has 2 aromatic rings.